The quantitative estimate of drug-likeness (QED) is 0.704. The standard InChI is InChI=1S/C14H17N3O3/c1-9(18)5-4-8-15-14(20)12-10-6-2-3-7-11(10)13(19)17-16-12/h2-3,6-7,9,18H,4-5,8H2,1H3,(H,15,20)(H,17,19). The molecule has 6 nitrogen and oxygen atoms in total. The van der Waals surface area contributed by atoms with Crippen molar-refractivity contribution < 1.29 is 9.90 Å². The van der Waals surface area contributed by atoms with E-state index in [1.807, 2.05) is 0 Å². The molecule has 1 aromatic carbocycles. The molecule has 2 aromatic rings. The molecule has 0 saturated heterocycles. The Balaban J connectivity index is 2.15. The molecule has 0 saturated carbocycles. The number of amides is 1. The van der Waals surface area contributed by atoms with Crippen LogP contribution in [0.15, 0.2) is 29.1 Å². The Morgan fingerprint density at radius 1 is 1.40 bits per heavy atom. The normalized spacial score (nSPS) is 12.3. The second kappa shape index (κ2) is 6.29. The summed E-state index contributed by atoms with van der Waals surface area (Å²) in [5.74, 6) is -0.331. The average Bonchev–Trinajstić information content (AvgIpc) is 2.44. The lowest BCUT2D eigenvalue weighted by Crippen LogP contribution is -2.27. The van der Waals surface area contributed by atoms with Crippen LogP contribution in [0.5, 0.6) is 0 Å². The molecule has 0 radical (unpaired) electrons. The fourth-order valence-corrected chi connectivity index (χ4v) is 1.97. The van der Waals surface area contributed by atoms with E-state index in [0.717, 1.165) is 0 Å². The van der Waals surface area contributed by atoms with Crippen LogP contribution in [0.4, 0.5) is 0 Å². The van der Waals surface area contributed by atoms with Gasteiger partial charge in [-0.2, -0.15) is 5.10 Å². The van der Waals surface area contributed by atoms with Crippen LogP contribution in [0, 0.1) is 0 Å². The van der Waals surface area contributed by atoms with Gasteiger partial charge >= 0.3 is 0 Å². The fourth-order valence-electron chi connectivity index (χ4n) is 1.97. The fraction of sp³-hybridized carbons (Fsp3) is 0.357. The Bertz CT molecular complexity index is 664. The van der Waals surface area contributed by atoms with Gasteiger partial charge in [0.25, 0.3) is 11.5 Å². The minimum absolute atomic E-state index is 0.206. The number of hydrogen-bond acceptors (Lipinski definition) is 4. The second-order valence-corrected chi connectivity index (χ2v) is 4.69. The number of aromatic nitrogens is 2. The van der Waals surface area contributed by atoms with Crippen molar-refractivity contribution in [3.05, 3.63) is 40.3 Å². The van der Waals surface area contributed by atoms with Gasteiger partial charge in [-0.15, -0.1) is 0 Å². The van der Waals surface area contributed by atoms with Crippen molar-refractivity contribution in [2.24, 2.45) is 0 Å². The third-order valence-electron chi connectivity index (χ3n) is 3.00. The Morgan fingerprint density at radius 3 is 2.80 bits per heavy atom. The molecule has 3 N–H and O–H groups in total. The smallest absolute Gasteiger partial charge is 0.272 e. The largest absolute Gasteiger partial charge is 0.393 e. The summed E-state index contributed by atoms with van der Waals surface area (Å²) in [6.45, 7) is 2.16. The Hall–Kier alpha value is -2.21. The molecule has 0 spiro atoms. The summed E-state index contributed by atoms with van der Waals surface area (Å²) in [6.07, 6.45) is 0.934. The van der Waals surface area contributed by atoms with Gasteiger partial charge in [0.05, 0.1) is 11.5 Å². The first-order valence-electron chi connectivity index (χ1n) is 6.53. The van der Waals surface area contributed by atoms with Gasteiger partial charge in [0, 0.05) is 11.9 Å². The summed E-state index contributed by atoms with van der Waals surface area (Å²) >= 11 is 0. The van der Waals surface area contributed by atoms with E-state index in [1.165, 1.54) is 0 Å². The second-order valence-electron chi connectivity index (χ2n) is 4.69. The van der Waals surface area contributed by atoms with E-state index < -0.39 is 0 Å². The molecular weight excluding hydrogens is 258 g/mol. The highest BCUT2D eigenvalue weighted by molar-refractivity contribution is 6.04. The minimum atomic E-state index is -0.376. The van der Waals surface area contributed by atoms with Crippen molar-refractivity contribution in [1.29, 1.82) is 0 Å². The van der Waals surface area contributed by atoms with Gasteiger partial charge < -0.3 is 10.4 Å². The molecular formula is C14H17N3O3. The summed E-state index contributed by atoms with van der Waals surface area (Å²) in [5, 5.41) is 19.0. The third-order valence-corrected chi connectivity index (χ3v) is 3.00. The number of rotatable bonds is 5. The lowest BCUT2D eigenvalue weighted by molar-refractivity contribution is 0.0945. The van der Waals surface area contributed by atoms with Crippen LogP contribution >= 0.6 is 0 Å². The lowest BCUT2D eigenvalue weighted by Gasteiger charge is -2.07. The first-order chi connectivity index (χ1) is 9.59. The molecule has 0 aliphatic rings. The number of carbonyl (C=O) groups is 1. The molecule has 1 amide bonds. The third kappa shape index (κ3) is 3.21. The number of carbonyl (C=O) groups excluding carboxylic acids is 1. The number of aliphatic hydroxyl groups is 1. The van der Waals surface area contributed by atoms with Crippen LogP contribution in [0.25, 0.3) is 10.8 Å². The van der Waals surface area contributed by atoms with Crippen LogP contribution in [-0.2, 0) is 0 Å². The highest BCUT2D eigenvalue weighted by atomic mass is 16.3. The monoisotopic (exact) mass is 275 g/mol. The maximum atomic E-state index is 12.1. The van der Waals surface area contributed by atoms with Gasteiger partial charge in [0.1, 0.15) is 0 Å². The zero-order chi connectivity index (χ0) is 14.5. The maximum absolute atomic E-state index is 12.1. The van der Waals surface area contributed by atoms with E-state index in [4.69, 9.17) is 5.11 Å². The van der Waals surface area contributed by atoms with Gasteiger partial charge in [0.2, 0.25) is 0 Å². The van der Waals surface area contributed by atoms with Crippen LogP contribution in [0.1, 0.15) is 30.3 Å². The van der Waals surface area contributed by atoms with E-state index in [9.17, 15) is 9.59 Å². The zero-order valence-electron chi connectivity index (χ0n) is 11.2. The van der Waals surface area contributed by atoms with Crippen molar-refractivity contribution in [2.75, 3.05) is 6.54 Å². The molecule has 1 atom stereocenters. The van der Waals surface area contributed by atoms with Gasteiger partial charge in [0.15, 0.2) is 5.69 Å². The van der Waals surface area contributed by atoms with E-state index in [0.29, 0.717) is 30.2 Å². The zero-order valence-corrected chi connectivity index (χ0v) is 11.2. The minimum Gasteiger partial charge on any atom is -0.393 e. The van der Waals surface area contributed by atoms with Crippen LogP contribution in [0.3, 0.4) is 0 Å². The first kappa shape index (κ1) is 14.2. The van der Waals surface area contributed by atoms with Crippen molar-refractivity contribution in [2.45, 2.75) is 25.9 Å². The molecule has 106 valence electrons. The van der Waals surface area contributed by atoms with Crippen molar-refractivity contribution in [1.82, 2.24) is 15.5 Å². The molecule has 20 heavy (non-hydrogen) atoms. The molecule has 6 heteroatoms. The number of H-pyrrole nitrogens is 1. The van der Waals surface area contributed by atoms with E-state index in [2.05, 4.69) is 15.5 Å². The number of nitrogens with zero attached hydrogens (tertiary/aromatic N) is 1. The number of fused-ring (bicyclic) bond motifs is 1. The Morgan fingerprint density at radius 2 is 2.10 bits per heavy atom. The number of hydrogen-bond donors (Lipinski definition) is 3. The molecule has 1 heterocycles. The topological polar surface area (TPSA) is 95.1 Å². The molecule has 0 aliphatic heterocycles. The van der Waals surface area contributed by atoms with Gasteiger partial charge in [-0.1, -0.05) is 18.2 Å². The molecule has 1 aromatic heterocycles. The number of nitrogens with one attached hydrogen (secondary N) is 2. The Labute approximate surface area is 115 Å². The molecule has 0 aliphatic carbocycles. The van der Waals surface area contributed by atoms with Gasteiger partial charge in [-0.3, -0.25) is 9.59 Å². The van der Waals surface area contributed by atoms with Crippen molar-refractivity contribution >= 4 is 16.7 Å². The summed E-state index contributed by atoms with van der Waals surface area (Å²) in [6, 6.07) is 6.85. The van der Waals surface area contributed by atoms with Crippen LogP contribution < -0.4 is 10.9 Å². The molecule has 0 fully saturated rings. The Kier molecular flexibility index (Phi) is 4.47. The molecule has 1 unspecified atom stereocenters. The van der Waals surface area contributed by atoms with Gasteiger partial charge in [-0.25, -0.2) is 5.10 Å². The highest BCUT2D eigenvalue weighted by Gasteiger charge is 2.13. The number of aromatic amines is 1. The van der Waals surface area contributed by atoms with E-state index >= 15 is 0 Å². The summed E-state index contributed by atoms with van der Waals surface area (Å²) in [7, 11) is 0. The summed E-state index contributed by atoms with van der Waals surface area (Å²) in [4.78, 5) is 23.7. The van der Waals surface area contributed by atoms with E-state index in [-0.39, 0.29) is 23.3 Å². The number of benzene rings is 1. The van der Waals surface area contributed by atoms with Crippen LogP contribution in [-0.4, -0.2) is 33.9 Å². The average molecular weight is 275 g/mol. The van der Waals surface area contributed by atoms with Crippen molar-refractivity contribution in [3.8, 4) is 0 Å². The van der Waals surface area contributed by atoms with E-state index in [1.54, 1.807) is 31.2 Å². The predicted octanol–water partition coefficient (Wildman–Crippen LogP) is 0.814. The maximum Gasteiger partial charge on any atom is 0.272 e. The predicted molar refractivity (Wildman–Crippen MR) is 75.6 cm³/mol. The summed E-state index contributed by atoms with van der Waals surface area (Å²) in [5.41, 5.74) is -0.108. The van der Waals surface area contributed by atoms with Crippen LogP contribution in [0.2, 0.25) is 0 Å². The SMILES string of the molecule is CC(O)CCCNC(=O)c1n[nH]c(=O)c2ccccc12. The summed E-state index contributed by atoms with van der Waals surface area (Å²) < 4.78 is 0. The number of aliphatic hydroxyl groups excluding tert-OH is 1. The molecule has 2 rings (SSSR count). The van der Waals surface area contributed by atoms with Gasteiger partial charge in [-0.05, 0) is 25.8 Å². The first-order valence-corrected chi connectivity index (χ1v) is 6.53. The molecule has 0 bridgehead atoms. The lowest BCUT2D eigenvalue weighted by atomic mass is 10.1. The van der Waals surface area contributed by atoms with Crippen molar-refractivity contribution in [3.63, 3.8) is 0 Å². The highest BCUT2D eigenvalue weighted by Crippen LogP contribution is 2.12.